The highest BCUT2D eigenvalue weighted by molar-refractivity contribution is 14.0. The maximum Gasteiger partial charge on any atom is 0.222 e. The fourth-order valence-corrected chi connectivity index (χ4v) is 2.90. The summed E-state index contributed by atoms with van der Waals surface area (Å²) in [4.78, 5) is 18.9. The number of methoxy groups -OCH3 is 1. The Hall–Kier alpha value is -1.35. The lowest BCUT2D eigenvalue weighted by molar-refractivity contribution is -0.132. The number of ether oxygens (including phenoxy) is 1. The maximum absolute atomic E-state index is 12.4. The van der Waals surface area contributed by atoms with E-state index in [0.717, 1.165) is 38.4 Å². The van der Waals surface area contributed by atoms with E-state index in [1.165, 1.54) is 11.1 Å². The molecular weight excluding hydrogens is 443 g/mol. The summed E-state index contributed by atoms with van der Waals surface area (Å²) in [7, 11) is 1.68. The number of rotatable bonds is 8. The molecule has 1 aliphatic rings. The Balaban J connectivity index is 0.00000338. The first kappa shape index (κ1) is 22.7. The van der Waals surface area contributed by atoms with Crippen molar-refractivity contribution in [3.63, 3.8) is 0 Å². The average molecular weight is 474 g/mol. The van der Waals surface area contributed by atoms with Crippen LogP contribution in [-0.2, 0) is 22.5 Å². The molecule has 1 aliphatic heterocycles. The highest BCUT2D eigenvalue weighted by Crippen LogP contribution is 2.19. The van der Waals surface area contributed by atoms with Crippen molar-refractivity contribution >= 4 is 35.8 Å². The molecule has 26 heavy (non-hydrogen) atoms. The second kappa shape index (κ2) is 12.9. The van der Waals surface area contributed by atoms with Gasteiger partial charge in [-0.3, -0.25) is 9.79 Å². The molecule has 0 saturated carbocycles. The SMILES string of the molecule is CCNC(=NCCCC(=O)N1CCc2ccccc2C1)NCCOC.I. The minimum absolute atomic E-state index is 0. The molecule has 7 heteroatoms. The smallest absolute Gasteiger partial charge is 0.222 e. The molecule has 1 amide bonds. The van der Waals surface area contributed by atoms with Crippen LogP contribution in [0.3, 0.4) is 0 Å². The summed E-state index contributed by atoms with van der Waals surface area (Å²) in [6.07, 6.45) is 2.26. The van der Waals surface area contributed by atoms with E-state index in [1.54, 1.807) is 7.11 Å². The van der Waals surface area contributed by atoms with Gasteiger partial charge >= 0.3 is 0 Å². The standard InChI is InChI=1S/C19H30N4O2.HI/c1-3-20-19(22-12-14-25-2)21-11-6-9-18(24)23-13-10-16-7-4-5-8-17(16)15-23;/h4-5,7-8H,3,6,9-15H2,1-2H3,(H2,20,21,22);1H. The summed E-state index contributed by atoms with van der Waals surface area (Å²) in [6, 6.07) is 8.38. The van der Waals surface area contributed by atoms with Crippen molar-refractivity contribution in [2.75, 3.05) is 39.9 Å². The largest absolute Gasteiger partial charge is 0.383 e. The van der Waals surface area contributed by atoms with Gasteiger partial charge in [0.15, 0.2) is 5.96 Å². The number of halogens is 1. The first-order valence-electron chi connectivity index (χ1n) is 9.10. The van der Waals surface area contributed by atoms with Gasteiger partial charge in [0.2, 0.25) is 5.91 Å². The lowest BCUT2D eigenvalue weighted by Crippen LogP contribution is -2.39. The average Bonchev–Trinajstić information content (AvgIpc) is 2.64. The predicted octanol–water partition coefficient (Wildman–Crippen LogP) is 2.17. The van der Waals surface area contributed by atoms with Gasteiger partial charge in [-0.15, -0.1) is 24.0 Å². The van der Waals surface area contributed by atoms with Gasteiger partial charge in [0, 0.05) is 46.3 Å². The summed E-state index contributed by atoms with van der Waals surface area (Å²) in [6.45, 7) is 6.39. The molecule has 0 aliphatic carbocycles. The molecule has 0 aromatic heterocycles. The molecule has 2 rings (SSSR count). The zero-order valence-corrected chi connectivity index (χ0v) is 18.1. The van der Waals surface area contributed by atoms with Gasteiger partial charge in [0.25, 0.3) is 0 Å². The van der Waals surface area contributed by atoms with E-state index in [9.17, 15) is 4.79 Å². The second-order valence-electron chi connectivity index (χ2n) is 6.12. The van der Waals surface area contributed by atoms with Crippen LogP contribution in [0, 0.1) is 0 Å². The highest BCUT2D eigenvalue weighted by atomic mass is 127. The Kier molecular flexibility index (Phi) is 11.3. The number of nitrogens with zero attached hydrogens (tertiary/aromatic N) is 2. The number of nitrogens with one attached hydrogen (secondary N) is 2. The van der Waals surface area contributed by atoms with Crippen molar-refractivity contribution in [1.82, 2.24) is 15.5 Å². The van der Waals surface area contributed by atoms with Gasteiger partial charge in [-0.05, 0) is 30.9 Å². The molecule has 0 atom stereocenters. The fourth-order valence-electron chi connectivity index (χ4n) is 2.90. The van der Waals surface area contributed by atoms with E-state index < -0.39 is 0 Å². The highest BCUT2D eigenvalue weighted by Gasteiger charge is 2.19. The number of benzene rings is 1. The van der Waals surface area contributed by atoms with Gasteiger partial charge in [0.1, 0.15) is 0 Å². The third kappa shape index (κ3) is 7.49. The van der Waals surface area contributed by atoms with Gasteiger partial charge < -0.3 is 20.3 Å². The van der Waals surface area contributed by atoms with Gasteiger partial charge in [-0.2, -0.15) is 0 Å². The van der Waals surface area contributed by atoms with E-state index in [-0.39, 0.29) is 29.9 Å². The zero-order chi connectivity index (χ0) is 17.9. The topological polar surface area (TPSA) is 66.0 Å². The van der Waals surface area contributed by atoms with Gasteiger partial charge in [-0.1, -0.05) is 24.3 Å². The molecule has 0 spiro atoms. The molecule has 0 saturated heterocycles. The lowest BCUT2D eigenvalue weighted by atomic mass is 9.99. The van der Waals surface area contributed by atoms with Crippen molar-refractivity contribution in [2.24, 2.45) is 4.99 Å². The Bertz CT molecular complexity index is 580. The normalized spacial score (nSPS) is 13.6. The minimum atomic E-state index is 0. The number of guanidine groups is 1. The Morgan fingerprint density at radius 1 is 1.27 bits per heavy atom. The van der Waals surface area contributed by atoms with E-state index >= 15 is 0 Å². The first-order valence-corrected chi connectivity index (χ1v) is 9.10. The van der Waals surface area contributed by atoms with Crippen LogP contribution in [0.15, 0.2) is 29.3 Å². The Labute approximate surface area is 173 Å². The molecule has 0 unspecified atom stereocenters. The number of carbonyl (C=O) groups excluding carboxylic acids is 1. The zero-order valence-electron chi connectivity index (χ0n) is 15.8. The maximum atomic E-state index is 12.4. The second-order valence-corrected chi connectivity index (χ2v) is 6.12. The van der Waals surface area contributed by atoms with Gasteiger partial charge in [-0.25, -0.2) is 0 Å². The van der Waals surface area contributed by atoms with Crippen molar-refractivity contribution in [2.45, 2.75) is 32.7 Å². The molecule has 1 aromatic carbocycles. The lowest BCUT2D eigenvalue weighted by Gasteiger charge is -2.28. The molecule has 1 heterocycles. The van der Waals surface area contributed by atoms with Crippen LogP contribution >= 0.6 is 24.0 Å². The van der Waals surface area contributed by atoms with E-state index in [2.05, 4.69) is 33.8 Å². The summed E-state index contributed by atoms with van der Waals surface area (Å²) in [5, 5.41) is 6.39. The van der Waals surface area contributed by atoms with Crippen molar-refractivity contribution < 1.29 is 9.53 Å². The van der Waals surface area contributed by atoms with Crippen LogP contribution in [0.1, 0.15) is 30.9 Å². The van der Waals surface area contributed by atoms with Crippen LogP contribution in [0.25, 0.3) is 0 Å². The molecule has 1 aromatic rings. The molecule has 0 bridgehead atoms. The molecule has 6 nitrogen and oxygen atoms in total. The minimum Gasteiger partial charge on any atom is -0.383 e. The van der Waals surface area contributed by atoms with Crippen molar-refractivity contribution in [1.29, 1.82) is 0 Å². The van der Waals surface area contributed by atoms with Crippen molar-refractivity contribution in [3.8, 4) is 0 Å². The monoisotopic (exact) mass is 474 g/mol. The number of amides is 1. The van der Waals surface area contributed by atoms with E-state index in [4.69, 9.17) is 4.74 Å². The predicted molar refractivity (Wildman–Crippen MR) is 116 cm³/mol. The number of carbonyl (C=O) groups is 1. The van der Waals surface area contributed by atoms with E-state index in [1.807, 2.05) is 17.9 Å². The van der Waals surface area contributed by atoms with Crippen molar-refractivity contribution in [3.05, 3.63) is 35.4 Å². The van der Waals surface area contributed by atoms with Gasteiger partial charge in [0.05, 0.1) is 6.61 Å². The summed E-state index contributed by atoms with van der Waals surface area (Å²) < 4.78 is 5.02. The molecule has 2 N–H and O–H groups in total. The fraction of sp³-hybridized carbons (Fsp3) is 0.579. The quantitative estimate of drug-likeness (QED) is 0.263. The van der Waals surface area contributed by atoms with Crippen LogP contribution in [0.5, 0.6) is 0 Å². The van der Waals surface area contributed by atoms with Crippen LogP contribution in [0.2, 0.25) is 0 Å². The number of hydrogen-bond acceptors (Lipinski definition) is 3. The van der Waals surface area contributed by atoms with E-state index in [0.29, 0.717) is 26.1 Å². The Morgan fingerprint density at radius 3 is 2.77 bits per heavy atom. The summed E-state index contributed by atoms with van der Waals surface area (Å²) >= 11 is 0. The molecular formula is C19H31IN4O2. The summed E-state index contributed by atoms with van der Waals surface area (Å²) in [5.41, 5.74) is 2.64. The number of aliphatic imine (C=N–C) groups is 1. The van der Waals surface area contributed by atoms with Crippen LogP contribution in [-0.4, -0.2) is 56.7 Å². The molecule has 146 valence electrons. The number of fused-ring (bicyclic) bond motifs is 1. The Morgan fingerprint density at radius 2 is 2.04 bits per heavy atom. The summed E-state index contributed by atoms with van der Waals surface area (Å²) in [5.74, 6) is 1.00. The molecule has 0 radical (unpaired) electrons. The van der Waals surface area contributed by atoms with Crippen LogP contribution in [0.4, 0.5) is 0 Å². The third-order valence-corrected chi connectivity index (χ3v) is 4.24. The number of hydrogen-bond donors (Lipinski definition) is 2. The molecule has 0 fully saturated rings. The third-order valence-electron chi connectivity index (χ3n) is 4.24. The first-order chi connectivity index (χ1) is 12.2. The van der Waals surface area contributed by atoms with Crippen LogP contribution < -0.4 is 10.6 Å².